The van der Waals surface area contributed by atoms with Gasteiger partial charge in [-0.05, 0) is 44.1 Å². The van der Waals surface area contributed by atoms with Gasteiger partial charge in [0.25, 0.3) is 11.5 Å². The van der Waals surface area contributed by atoms with Gasteiger partial charge in [-0.2, -0.15) is 5.26 Å². The summed E-state index contributed by atoms with van der Waals surface area (Å²) < 4.78 is 6.38. The maximum Gasteiger partial charge on any atom is 0.290 e. The van der Waals surface area contributed by atoms with Crippen molar-refractivity contribution in [2.24, 2.45) is 17.8 Å². The average Bonchev–Trinajstić information content (AvgIpc) is 3.60. The maximum atomic E-state index is 13.3. The van der Waals surface area contributed by atoms with Crippen molar-refractivity contribution in [1.29, 1.82) is 5.26 Å². The minimum Gasteiger partial charge on any atom is -0.471 e. The van der Waals surface area contributed by atoms with Gasteiger partial charge in [-0.1, -0.05) is 0 Å². The highest BCUT2D eigenvalue weighted by Gasteiger charge is 2.52. The molecule has 0 radical (unpaired) electrons. The molecule has 12 nitrogen and oxygen atoms in total. The summed E-state index contributed by atoms with van der Waals surface area (Å²) in [5, 5.41) is 20.6. The van der Waals surface area contributed by atoms with Gasteiger partial charge in [-0.3, -0.25) is 24.0 Å². The smallest absolute Gasteiger partial charge is 0.290 e. The summed E-state index contributed by atoms with van der Waals surface area (Å²) in [7, 11) is 0. The summed E-state index contributed by atoms with van der Waals surface area (Å²) in [6.07, 6.45) is 5.10. The molecule has 2 bridgehead atoms. The molecule has 6 rings (SSSR count). The topological polar surface area (TPSA) is 171 Å². The SMILES string of the molecule is N#CC(C1CCNC1=O)C(NC(=O)Cn1ccc2c(c1=O)NCO2)C(=O)C(=O)NC12CCC(C1)C2. The number of ketones is 1. The van der Waals surface area contributed by atoms with Crippen molar-refractivity contribution in [2.45, 2.75) is 50.2 Å². The maximum absolute atomic E-state index is 13.3. The molecule has 12 heteroatoms. The molecule has 3 aliphatic carbocycles. The second-order valence-electron chi connectivity index (χ2n) is 9.75. The van der Waals surface area contributed by atoms with Gasteiger partial charge < -0.3 is 30.6 Å². The fourth-order valence-electron chi connectivity index (χ4n) is 5.74. The Kier molecular flexibility index (Phi) is 5.70. The number of ether oxygens (including phenoxy) is 1. The summed E-state index contributed by atoms with van der Waals surface area (Å²) in [5.41, 5.74) is -0.659. The molecule has 0 spiro atoms. The molecular weight excluding hydrogens is 456 g/mol. The molecule has 2 aliphatic heterocycles. The molecular formula is C23H26N6O6. The number of rotatable bonds is 8. The van der Waals surface area contributed by atoms with Crippen molar-refractivity contribution in [3.8, 4) is 11.8 Å². The third-order valence-electron chi connectivity index (χ3n) is 7.54. The van der Waals surface area contributed by atoms with Gasteiger partial charge in [0.05, 0.1) is 17.9 Å². The van der Waals surface area contributed by atoms with Crippen LogP contribution in [-0.2, 0) is 25.7 Å². The van der Waals surface area contributed by atoms with Crippen LogP contribution in [0.2, 0.25) is 0 Å². The van der Waals surface area contributed by atoms with Crippen LogP contribution < -0.4 is 31.6 Å². The number of anilines is 1. The summed E-state index contributed by atoms with van der Waals surface area (Å²) in [4.78, 5) is 64.0. The van der Waals surface area contributed by atoms with E-state index >= 15 is 0 Å². The predicted octanol–water partition coefficient (Wildman–Crippen LogP) is -1.00. The lowest BCUT2D eigenvalue weighted by atomic mass is 9.76. The van der Waals surface area contributed by atoms with E-state index in [1.807, 2.05) is 6.07 Å². The number of carbonyl (C=O) groups is 4. The summed E-state index contributed by atoms with van der Waals surface area (Å²) in [6.45, 7) is 0.0364. The van der Waals surface area contributed by atoms with Crippen LogP contribution in [0.15, 0.2) is 17.1 Å². The van der Waals surface area contributed by atoms with Crippen molar-refractivity contribution in [3.63, 3.8) is 0 Å². The van der Waals surface area contributed by atoms with Crippen molar-refractivity contribution >= 4 is 29.2 Å². The molecule has 1 aromatic heterocycles. The number of nitriles is 1. The first kappa shape index (κ1) is 22.9. The fourth-order valence-corrected chi connectivity index (χ4v) is 5.74. The third-order valence-corrected chi connectivity index (χ3v) is 7.54. The Morgan fingerprint density at radius 1 is 1.26 bits per heavy atom. The molecule has 0 aromatic carbocycles. The van der Waals surface area contributed by atoms with Crippen molar-refractivity contribution in [3.05, 3.63) is 22.6 Å². The van der Waals surface area contributed by atoms with Gasteiger partial charge in [0, 0.05) is 18.3 Å². The zero-order valence-electron chi connectivity index (χ0n) is 19.0. The number of fused-ring (bicyclic) bond motifs is 2. The Bertz CT molecular complexity index is 1190. The van der Waals surface area contributed by atoms with Crippen molar-refractivity contribution in [2.75, 3.05) is 18.6 Å². The Morgan fingerprint density at radius 2 is 2.06 bits per heavy atom. The van der Waals surface area contributed by atoms with Gasteiger partial charge in [0.15, 0.2) is 12.5 Å². The van der Waals surface area contributed by atoms with Gasteiger partial charge in [-0.15, -0.1) is 0 Å². The average molecular weight is 482 g/mol. The van der Waals surface area contributed by atoms with E-state index in [1.54, 1.807) is 0 Å². The highest BCUT2D eigenvalue weighted by Crippen LogP contribution is 2.51. The van der Waals surface area contributed by atoms with E-state index in [1.165, 1.54) is 12.3 Å². The lowest BCUT2D eigenvalue weighted by Gasteiger charge is -2.39. The first-order valence-corrected chi connectivity index (χ1v) is 11.7. The molecule has 35 heavy (non-hydrogen) atoms. The highest BCUT2D eigenvalue weighted by atomic mass is 16.5. The van der Waals surface area contributed by atoms with Crippen LogP contribution in [0.3, 0.4) is 0 Å². The van der Waals surface area contributed by atoms with Crippen molar-refractivity contribution in [1.82, 2.24) is 20.5 Å². The number of aromatic nitrogens is 1. The minimum absolute atomic E-state index is 0.141. The van der Waals surface area contributed by atoms with E-state index in [4.69, 9.17) is 4.74 Å². The number of amides is 3. The molecule has 3 heterocycles. The molecule has 3 saturated carbocycles. The van der Waals surface area contributed by atoms with Crippen LogP contribution in [0.1, 0.15) is 32.1 Å². The monoisotopic (exact) mass is 482 g/mol. The molecule has 3 amide bonds. The quantitative estimate of drug-likeness (QED) is 0.342. The van der Waals surface area contributed by atoms with Crippen LogP contribution >= 0.6 is 0 Å². The summed E-state index contributed by atoms with van der Waals surface area (Å²) in [5.74, 6) is -4.13. The standard InChI is InChI=1S/C23H26N6O6/c24-9-14(13-2-5-25-20(13)32)17(19(31)21(33)28-23-4-1-12(7-23)8-23)27-16(30)10-29-6-3-15-18(22(29)34)26-11-35-15/h3,6,12-14,17,26H,1-2,4-5,7-8,10-11H2,(H,25,32)(H,27,30)(H,28,33). The normalized spacial score (nSPS) is 27.2. The molecule has 4 N–H and O–H groups in total. The van der Waals surface area contributed by atoms with Crippen LogP contribution in [0.25, 0.3) is 0 Å². The number of hydrogen-bond acceptors (Lipinski definition) is 8. The predicted molar refractivity (Wildman–Crippen MR) is 120 cm³/mol. The highest BCUT2D eigenvalue weighted by molar-refractivity contribution is 6.38. The molecule has 3 atom stereocenters. The Hall–Kier alpha value is -3.88. The van der Waals surface area contributed by atoms with E-state index in [-0.39, 0.29) is 12.4 Å². The van der Waals surface area contributed by atoms with Gasteiger partial charge in [0.1, 0.15) is 18.3 Å². The number of carbonyl (C=O) groups excluding carboxylic acids is 4. The van der Waals surface area contributed by atoms with Gasteiger partial charge in [-0.25, -0.2) is 0 Å². The van der Waals surface area contributed by atoms with E-state index in [0.717, 1.165) is 30.3 Å². The largest absolute Gasteiger partial charge is 0.471 e. The van der Waals surface area contributed by atoms with Crippen LogP contribution in [0.5, 0.6) is 5.75 Å². The van der Waals surface area contributed by atoms with E-state index in [2.05, 4.69) is 21.3 Å². The van der Waals surface area contributed by atoms with Crippen LogP contribution in [0, 0.1) is 29.1 Å². The van der Waals surface area contributed by atoms with E-state index in [9.17, 15) is 29.2 Å². The van der Waals surface area contributed by atoms with Crippen LogP contribution in [-0.4, -0.2) is 52.9 Å². The lowest BCUT2D eigenvalue weighted by molar-refractivity contribution is -0.143. The number of hydrogen-bond donors (Lipinski definition) is 4. The summed E-state index contributed by atoms with van der Waals surface area (Å²) >= 11 is 0. The molecule has 3 unspecified atom stereocenters. The van der Waals surface area contributed by atoms with Crippen molar-refractivity contribution < 1.29 is 23.9 Å². The molecule has 1 aromatic rings. The zero-order chi connectivity index (χ0) is 24.7. The van der Waals surface area contributed by atoms with Gasteiger partial charge in [0.2, 0.25) is 17.6 Å². The first-order chi connectivity index (χ1) is 16.8. The van der Waals surface area contributed by atoms with Gasteiger partial charge >= 0.3 is 0 Å². The fraction of sp³-hybridized carbons (Fsp3) is 0.565. The van der Waals surface area contributed by atoms with Crippen LogP contribution in [0.4, 0.5) is 5.69 Å². The molecule has 1 saturated heterocycles. The summed E-state index contributed by atoms with van der Waals surface area (Å²) in [6, 6.07) is 1.98. The Labute approximate surface area is 200 Å². The Morgan fingerprint density at radius 3 is 2.71 bits per heavy atom. The minimum atomic E-state index is -1.53. The number of nitrogens with one attached hydrogen (secondary N) is 4. The third kappa shape index (κ3) is 4.11. The zero-order valence-corrected chi connectivity index (χ0v) is 19.0. The second kappa shape index (κ2) is 8.72. The number of nitrogens with zero attached hydrogens (tertiary/aromatic N) is 2. The molecule has 5 aliphatic rings. The second-order valence-corrected chi connectivity index (χ2v) is 9.75. The first-order valence-electron chi connectivity index (χ1n) is 11.7. The molecule has 184 valence electrons. The van der Waals surface area contributed by atoms with E-state index in [0.29, 0.717) is 24.6 Å². The lowest BCUT2D eigenvalue weighted by Crippen LogP contribution is -2.59. The van der Waals surface area contributed by atoms with E-state index < -0.39 is 59.0 Å². The number of pyridine rings is 1. The Balaban J connectivity index is 1.35. The number of Topliss-reactive ketones (excluding diaryl/α,β-unsaturated/α-hetero) is 1. The molecule has 4 fully saturated rings.